The highest BCUT2D eigenvalue weighted by atomic mass is 16.5. The number of furan rings is 1. The molecule has 0 fully saturated rings. The molecular weight excluding hydrogens is 326 g/mol. The van der Waals surface area contributed by atoms with Crippen molar-refractivity contribution in [2.75, 3.05) is 14.2 Å². The number of aromatic nitrogens is 2. The maximum atomic E-state index is 12.6. The van der Waals surface area contributed by atoms with Crippen molar-refractivity contribution in [1.29, 1.82) is 0 Å². The van der Waals surface area contributed by atoms with Crippen molar-refractivity contribution in [2.45, 2.75) is 6.54 Å². The Kier molecular flexibility index (Phi) is 4.34. The van der Waals surface area contributed by atoms with Crippen LogP contribution < -0.4 is 10.9 Å². The van der Waals surface area contributed by atoms with Gasteiger partial charge in [-0.3, -0.25) is 9.59 Å². The first-order chi connectivity index (χ1) is 12.0. The Labute approximate surface area is 142 Å². The van der Waals surface area contributed by atoms with Crippen molar-refractivity contribution >= 4 is 22.6 Å². The van der Waals surface area contributed by atoms with Gasteiger partial charge < -0.3 is 14.5 Å². The third-order valence-electron chi connectivity index (χ3n) is 3.66. The quantitative estimate of drug-likeness (QED) is 0.715. The van der Waals surface area contributed by atoms with Crippen molar-refractivity contribution in [3.63, 3.8) is 0 Å². The maximum Gasteiger partial charge on any atom is 0.373 e. The van der Waals surface area contributed by atoms with Gasteiger partial charge in [0.25, 0.3) is 11.5 Å². The zero-order valence-electron chi connectivity index (χ0n) is 13.6. The Morgan fingerprint density at radius 1 is 1.20 bits per heavy atom. The molecule has 0 aliphatic rings. The van der Waals surface area contributed by atoms with Crippen LogP contribution in [-0.2, 0) is 11.3 Å². The van der Waals surface area contributed by atoms with Gasteiger partial charge in [-0.25, -0.2) is 9.48 Å². The van der Waals surface area contributed by atoms with Gasteiger partial charge in [0.1, 0.15) is 12.3 Å². The summed E-state index contributed by atoms with van der Waals surface area (Å²) in [5.74, 6) is -0.651. The molecule has 3 aromatic rings. The van der Waals surface area contributed by atoms with E-state index in [0.717, 1.165) is 4.68 Å². The molecule has 0 atom stereocenters. The van der Waals surface area contributed by atoms with E-state index in [4.69, 9.17) is 4.42 Å². The fraction of sp³-hybridized carbons (Fsp3) is 0.176. The molecule has 0 aliphatic heterocycles. The third kappa shape index (κ3) is 3.01. The molecule has 1 N–H and O–H groups in total. The lowest BCUT2D eigenvalue weighted by molar-refractivity contribution is 0.0562. The Bertz CT molecular complexity index is 1020. The SMILES string of the molecule is CNC(=O)c1nn(Cc2ccc(C(=O)OC)o2)c(=O)c2ccccc12. The summed E-state index contributed by atoms with van der Waals surface area (Å²) in [7, 11) is 2.74. The van der Waals surface area contributed by atoms with Crippen molar-refractivity contribution in [3.8, 4) is 0 Å². The topological polar surface area (TPSA) is 103 Å². The Morgan fingerprint density at radius 2 is 1.92 bits per heavy atom. The monoisotopic (exact) mass is 341 g/mol. The molecule has 8 nitrogen and oxygen atoms in total. The molecule has 25 heavy (non-hydrogen) atoms. The van der Waals surface area contributed by atoms with E-state index in [1.54, 1.807) is 30.3 Å². The number of ether oxygens (including phenoxy) is 1. The average molecular weight is 341 g/mol. The summed E-state index contributed by atoms with van der Waals surface area (Å²) in [6.45, 7) is -0.0232. The first kappa shape index (κ1) is 16.4. The molecule has 1 amide bonds. The minimum Gasteiger partial charge on any atom is -0.463 e. The molecular formula is C17H15N3O5. The van der Waals surface area contributed by atoms with Crippen molar-refractivity contribution < 1.29 is 18.7 Å². The number of methoxy groups -OCH3 is 1. The van der Waals surface area contributed by atoms with Gasteiger partial charge in [-0.15, -0.1) is 0 Å². The van der Waals surface area contributed by atoms with Gasteiger partial charge in [0.2, 0.25) is 5.76 Å². The molecule has 0 aliphatic carbocycles. The number of hydrogen-bond donors (Lipinski definition) is 1. The lowest BCUT2D eigenvalue weighted by Gasteiger charge is -2.09. The minimum atomic E-state index is -0.615. The Morgan fingerprint density at radius 3 is 2.60 bits per heavy atom. The summed E-state index contributed by atoms with van der Waals surface area (Å²) in [6.07, 6.45) is 0. The number of carbonyl (C=O) groups is 2. The third-order valence-corrected chi connectivity index (χ3v) is 3.66. The minimum absolute atomic E-state index is 0.0232. The highest BCUT2D eigenvalue weighted by Gasteiger charge is 2.17. The number of esters is 1. The van der Waals surface area contributed by atoms with Gasteiger partial charge >= 0.3 is 5.97 Å². The number of nitrogens with one attached hydrogen (secondary N) is 1. The largest absolute Gasteiger partial charge is 0.463 e. The molecule has 3 rings (SSSR count). The van der Waals surface area contributed by atoms with Gasteiger partial charge in [0, 0.05) is 12.4 Å². The second kappa shape index (κ2) is 6.60. The number of benzene rings is 1. The van der Waals surface area contributed by atoms with Gasteiger partial charge in [-0.2, -0.15) is 5.10 Å². The van der Waals surface area contributed by atoms with Gasteiger partial charge in [0.15, 0.2) is 5.69 Å². The second-order valence-electron chi connectivity index (χ2n) is 5.19. The fourth-order valence-corrected chi connectivity index (χ4v) is 2.45. The molecule has 0 radical (unpaired) electrons. The smallest absolute Gasteiger partial charge is 0.373 e. The van der Waals surface area contributed by atoms with Gasteiger partial charge in [-0.05, 0) is 18.2 Å². The highest BCUT2D eigenvalue weighted by Crippen LogP contribution is 2.15. The van der Waals surface area contributed by atoms with Gasteiger partial charge in [-0.1, -0.05) is 18.2 Å². The number of hydrogen-bond acceptors (Lipinski definition) is 6. The summed E-state index contributed by atoms with van der Waals surface area (Å²) >= 11 is 0. The van der Waals surface area contributed by atoms with Crippen LogP contribution in [0.4, 0.5) is 0 Å². The zero-order valence-corrected chi connectivity index (χ0v) is 13.6. The summed E-state index contributed by atoms with van der Waals surface area (Å²) in [5, 5.41) is 7.51. The van der Waals surface area contributed by atoms with E-state index in [-0.39, 0.29) is 23.6 Å². The Balaban J connectivity index is 2.08. The van der Waals surface area contributed by atoms with Crippen LogP contribution >= 0.6 is 0 Å². The first-order valence-corrected chi connectivity index (χ1v) is 7.44. The summed E-state index contributed by atoms with van der Waals surface area (Å²) in [6, 6.07) is 9.74. The van der Waals surface area contributed by atoms with E-state index in [2.05, 4.69) is 15.2 Å². The van der Waals surface area contributed by atoms with E-state index in [9.17, 15) is 14.4 Å². The van der Waals surface area contributed by atoms with Crippen LogP contribution in [-0.4, -0.2) is 35.8 Å². The highest BCUT2D eigenvalue weighted by molar-refractivity contribution is 6.04. The summed E-state index contributed by atoms with van der Waals surface area (Å²) < 4.78 is 11.1. The number of rotatable bonds is 4. The molecule has 0 saturated heterocycles. The molecule has 1 aromatic carbocycles. The van der Waals surface area contributed by atoms with E-state index in [1.807, 2.05) is 0 Å². The van der Waals surface area contributed by atoms with E-state index < -0.39 is 11.9 Å². The van der Waals surface area contributed by atoms with Crippen LogP contribution in [0.1, 0.15) is 26.8 Å². The lowest BCUT2D eigenvalue weighted by atomic mass is 10.1. The predicted octanol–water partition coefficient (Wildman–Crippen LogP) is 1.18. The molecule has 0 saturated carbocycles. The van der Waals surface area contributed by atoms with Gasteiger partial charge in [0.05, 0.1) is 12.5 Å². The predicted molar refractivity (Wildman–Crippen MR) is 88.5 cm³/mol. The summed E-state index contributed by atoms with van der Waals surface area (Å²) in [5.41, 5.74) is -0.225. The van der Waals surface area contributed by atoms with Crippen molar-refractivity contribution in [1.82, 2.24) is 15.1 Å². The van der Waals surface area contributed by atoms with E-state index in [1.165, 1.54) is 20.2 Å². The zero-order chi connectivity index (χ0) is 18.0. The van der Waals surface area contributed by atoms with E-state index >= 15 is 0 Å². The lowest BCUT2D eigenvalue weighted by Crippen LogP contribution is -2.29. The molecule has 128 valence electrons. The van der Waals surface area contributed by atoms with Crippen molar-refractivity contribution in [2.24, 2.45) is 0 Å². The average Bonchev–Trinajstić information content (AvgIpc) is 3.11. The van der Waals surface area contributed by atoms with E-state index in [0.29, 0.717) is 16.5 Å². The normalized spacial score (nSPS) is 10.6. The summed E-state index contributed by atoms with van der Waals surface area (Å²) in [4.78, 5) is 36.2. The number of fused-ring (bicyclic) bond motifs is 1. The number of nitrogens with zero attached hydrogens (tertiary/aromatic N) is 2. The molecule has 2 heterocycles. The molecule has 2 aromatic heterocycles. The van der Waals surface area contributed by atoms with Crippen molar-refractivity contribution in [3.05, 3.63) is 64.0 Å². The fourth-order valence-electron chi connectivity index (χ4n) is 2.45. The molecule has 0 spiro atoms. The van der Waals surface area contributed by atoms with Crippen LogP contribution in [0.5, 0.6) is 0 Å². The molecule has 0 unspecified atom stereocenters. The maximum absolute atomic E-state index is 12.6. The Hall–Kier alpha value is -3.42. The standard InChI is InChI=1S/C17H15N3O5/c1-18-15(21)14-11-5-3-4-6-12(11)16(22)20(19-14)9-10-7-8-13(25-10)17(23)24-2/h3-8H,9H2,1-2H3,(H,18,21). The van der Waals surface area contributed by atoms with Crippen LogP contribution in [0.3, 0.4) is 0 Å². The van der Waals surface area contributed by atoms with Crippen LogP contribution in [0, 0.1) is 0 Å². The first-order valence-electron chi connectivity index (χ1n) is 7.44. The second-order valence-corrected chi connectivity index (χ2v) is 5.19. The van der Waals surface area contributed by atoms with Crippen LogP contribution in [0.15, 0.2) is 45.6 Å². The number of carbonyl (C=O) groups excluding carboxylic acids is 2. The molecule has 0 bridgehead atoms. The molecule has 8 heteroatoms. The van der Waals surface area contributed by atoms with Crippen LogP contribution in [0.2, 0.25) is 0 Å². The van der Waals surface area contributed by atoms with Crippen LogP contribution in [0.25, 0.3) is 10.8 Å². The number of amides is 1.